The number of imidazole rings is 1. The van der Waals surface area contributed by atoms with Gasteiger partial charge >= 0.3 is 0 Å². The molecule has 1 amide bonds. The minimum Gasteiger partial charge on any atom is -0.508 e. The van der Waals surface area contributed by atoms with Gasteiger partial charge < -0.3 is 10.8 Å². The van der Waals surface area contributed by atoms with Gasteiger partial charge in [0.1, 0.15) is 17.6 Å². The predicted octanol–water partition coefficient (Wildman–Crippen LogP) is 2.16. The largest absolute Gasteiger partial charge is 0.508 e. The highest BCUT2D eigenvalue weighted by atomic mass is 16.3. The fourth-order valence-electron chi connectivity index (χ4n) is 2.73. The number of aromatic nitrogens is 4. The molecule has 27 heavy (non-hydrogen) atoms. The van der Waals surface area contributed by atoms with Gasteiger partial charge in [-0.05, 0) is 36.4 Å². The molecule has 0 aliphatic rings. The zero-order chi connectivity index (χ0) is 19.0. The highest BCUT2D eigenvalue weighted by Crippen LogP contribution is 2.25. The summed E-state index contributed by atoms with van der Waals surface area (Å²) < 4.78 is 1.68. The number of fused-ring (bicyclic) bond motifs is 1. The van der Waals surface area contributed by atoms with Crippen molar-refractivity contribution in [3.05, 3.63) is 66.1 Å². The average Bonchev–Trinajstić information content (AvgIpc) is 3.11. The molecule has 0 saturated heterocycles. The lowest BCUT2D eigenvalue weighted by Gasteiger charge is -2.07. The Balaban J connectivity index is 1.97. The number of carbonyl (C=O) groups excluding carboxylic acids is 1. The summed E-state index contributed by atoms with van der Waals surface area (Å²) in [5.41, 5.74) is 7.91. The molecule has 0 bridgehead atoms. The quantitative estimate of drug-likeness (QED) is 0.578. The molecule has 0 aliphatic carbocycles. The van der Waals surface area contributed by atoms with E-state index >= 15 is 0 Å². The van der Waals surface area contributed by atoms with Gasteiger partial charge in [0.25, 0.3) is 5.91 Å². The van der Waals surface area contributed by atoms with Crippen molar-refractivity contribution in [3.8, 4) is 28.9 Å². The molecular formula is C19H12N6O2. The van der Waals surface area contributed by atoms with Crippen LogP contribution in [0.25, 0.3) is 28.2 Å². The van der Waals surface area contributed by atoms with Crippen molar-refractivity contribution < 1.29 is 9.90 Å². The van der Waals surface area contributed by atoms with Crippen LogP contribution >= 0.6 is 0 Å². The van der Waals surface area contributed by atoms with Crippen LogP contribution in [0.2, 0.25) is 0 Å². The van der Waals surface area contributed by atoms with Crippen LogP contribution in [0.1, 0.15) is 16.1 Å². The number of rotatable bonds is 3. The molecule has 0 fully saturated rings. The van der Waals surface area contributed by atoms with E-state index in [1.165, 1.54) is 18.5 Å². The van der Waals surface area contributed by atoms with Crippen molar-refractivity contribution in [3.63, 3.8) is 0 Å². The van der Waals surface area contributed by atoms with Gasteiger partial charge in [0.15, 0.2) is 17.2 Å². The van der Waals surface area contributed by atoms with E-state index in [0.717, 1.165) is 0 Å². The third-order valence-electron chi connectivity index (χ3n) is 4.01. The number of nitrogens with two attached hydrogens (primary N) is 1. The Labute approximate surface area is 153 Å². The van der Waals surface area contributed by atoms with Gasteiger partial charge in [0.2, 0.25) is 0 Å². The maximum Gasteiger partial charge on any atom is 0.269 e. The van der Waals surface area contributed by atoms with E-state index in [0.29, 0.717) is 22.5 Å². The number of nitriles is 1. The lowest BCUT2D eigenvalue weighted by atomic mass is 10.2. The lowest BCUT2D eigenvalue weighted by Crippen LogP contribution is -2.15. The first kappa shape index (κ1) is 16.2. The van der Waals surface area contributed by atoms with Gasteiger partial charge in [0.05, 0.1) is 11.6 Å². The minimum atomic E-state index is -0.728. The van der Waals surface area contributed by atoms with Gasteiger partial charge in [0, 0.05) is 11.3 Å². The van der Waals surface area contributed by atoms with E-state index < -0.39 is 5.91 Å². The molecule has 0 atom stereocenters. The first-order valence-corrected chi connectivity index (χ1v) is 7.91. The predicted molar refractivity (Wildman–Crippen MR) is 97.0 cm³/mol. The smallest absolute Gasteiger partial charge is 0.269 e. The zero-order valence-electron chi connectivity index (χ0n) is 13.9. The number of carbonyl (C=O) groups is 1. The van der Waals surface area contributed by atoms with Crippen LogP contribution in [0.15, 0.2) is 54.9 Å². The van der Waals surface area contributed by atoms with Crippen LogP contribution in [-0.4, -0.2) is 30.5 Å². The summed E-state index contributed by atoms with van der Waals surface area (Å²) in [6, 6.07) is 15.3. The Kier molecular flexibility index (Phi) is 3.75. The highest BCUT2D eigenvalue weighted by molar-refractivity contribution is 6.02. The summed E-state index contributed by atoms with van der Waals surface area (Å²) in [5, 5.41) is 18.7. The second-order valence-electron chi connectivity index (χ2n) is 5.76. The Morgan fingerprint density at radius 3 is 2.59 bits per heavy atom. The van der Waals surface area contributed by atoms with Crippen LogP contribution < -0.4 is 5.73 Å². The van der Waals surface area contributed by atoms with Crippen LogP contribution in [0.5, 0.6) is 5.75 Å². The monoisotopic (exact) mass is 356 g/mol. The number of hydrogen-bond donors (Lipinski definition) is 2. The molecule has 130 valence electrons. The summed E-state index contributed by atoms with van der Waals surface area (Å²) in [4.78, 5) is 24.9. The maximum atomic E-state index is 11.9. The highest BCUT2D eigenvalue weighted by Gasteiger charge is 2.18. The van der Waals surface area contributed by atoms with Crippen LogP contribution in [-0.2, 0) is 0 Å². The molecule has 0 radical (unpaired) electrons. The molecule has 8 heteroatoms. The van der Waals surface area contributed by atoms with Crippen LogP contribution in [0, 0.1) is 11.3 Å². The van der Waals surface area contributed by atoms with Gasteiger partial charge in [-0.1, -0.05) is 12.1 Å². The lowest BCUT2D eigenvalue weighted by molar-refractivity contribution is 0.0997. The number of phenols is 1. The molecule has 0 aliphatic heterocycles. The molecule has 0 unspecified atom stereocenters. The third kappa shape index (κ3) is 2.83. The number of phenolic OH excluding ortho intramolecular Hbond substituents is 1. The first-order chi connectivity index (χ1) is 13.1. The molecule has 0 saturated carbocycles. The Hall–Kier alpha value is -4.25. The minimum absolute atomic E-state index is 0.00858. The molecule has 4 rings (SSSR count). The van der Waals surface area contributed by atoms with Crippen molar-refractivity contribution in [1.82, 2.24) is 19.5 Å². The van der Waals surface area contributed by atoms with E-state index in [1.54, 1.807) is 41.0 Å². The Morgan fingerprint density at radius 1 is 1.15 bits per heavy atom. The molecule has 2 aromatic heterocycles. The van der Waals surface area contributed by atoms with Gasteiger partial charge in [-0.15, -0.1) is 0 Å². The molecule has 8 nitrogen and oxygen atoms in total. The Morgan fingerprint density at radius 2 is 1.93 bits per heavy atom. The van der Waals surface area contributed by atoms with Crippen molar-refractivity contribution in [2.24, 2.45) is 5.73 Å². The number of nitrogens with zero attached hydrogens (tertiary/aromatic N) is 5. The standard InChI is InChI=1S/C19H12N6O2/c20-9-11-4-6-13(7-5-11)25-10-22-16-15(17(21)27)23-18(24-19(16)25)12-2-1-3-14(26)8-12/h1-8,10,26H,(H2,21,27). The molecule has 2 aromatic carbocycles. The van der Waals surface area contributed by atoms with E-state index in [1.807, 2.05) is 0 Å². The third-order valence-corrected chi connectivity index (χ3v) is 4.01. The molecule has 0 spiro atoms. The van der Waals surface area contributed by atoms with Gasteiger partial charge in [-0.25, -0.2) is 15.0 Å². The summed E-state index contributed by atoms with van der Waals surface area (Å²) in [7, 11) is 0. The van der Waals surface area contributed by atoms with Crippen molar-refractivity contribution >= 4 is 17.1 Å². The second kappa shape index (κ2) is 6.24. The van der Waals surface area contributed by atoms with Crippen molar-refractivity contribution in [1.29, 1.82) is 5.26 Å². The number of benzene rings is 2. The molecule has 3 N–H and O–H groups in total. The molecule has 4 aromatic rings. The maximum absolute atomic E-state index is 11.9. The fourth-order valence-corrected chi connectivity index (χ4v) is 2.73. The first-order valence-electron chi connectivity index (χ1n) is 7.91. The van der Waals surface area contributed by atoms with E-state index in [9.17, 15) is 9.90 Å². The van der Waals surface area contributed by atoms with Gasteiger partial charge in [-0.3, -0.25) is 9.36 Å². The summed E-state index contributed by atoms with van der Waals surface area (Å²) in [5.74, 6) is -0.436. The van der Waals surface area contributed by atoms with Crippen LogP contribution in [0.4, 0.5) is 0 Å². The van der Waals surface area contributed by atoms with E-state index in [2.05, 4.69) is 21.0 Å². The molecular weight excluding hydrogens is 344 g/mol. The van der Waals surface area contributed by atoms with Crippen molar-refractivity contribution in [2.75, 3.05) is 0 Å². The fraction of sp³-hybridized carbons (Fsp3) is 0. The summed E-state index contributed by atoms with van der Waals surface area (Å²) in [6.45, 7) is 0. The number of aromatic hydroxyl groups is 1. The zero-order valence-corrected chi connectivity index (χ0v) is 13.9. The van der Waals surface area contributed by atoms with E-state index in [4.69, 9.17) is 11.0 Å². The number of amides is 1. The van der Waals surface area contributed by atoms with Crippen molar-refractivity contribution in [2.45, 2.75) is 0 Å². The van der Waals surface area contributed by atoms with E-state index in [-0.39, 0.29) is 22.8 Å². The van der Waals surface area contributed by atoms with Gasteiger partial charge in [-0.2, -0.15) is 5.26 Å². The van der Waals surface area contributed by atoms with Crippen LogP contribution in [0.3, 0.4) is 0 Å². The Bertz CT molecular complexity index is 1220. The summed E-state index contributed by atoms with van der Waals surface area (Å²) >= 11 is 0. The second-order valence-corrected chi connectivity index (χ2v) is 5.76. The SMILES string of the molecule is N#Cc1ccc(-n2cnc3c(C(N)=O)nc(-c4cccc(O)c4)nc32)cc1. The summed E-state index contributed by atoms with van der Waals surface area (Å²) in [6.07, 6.45) is 1.51. The number of hydrogen-bond acceptors (Lipinski definition) is 6. The normalized spacial score (nSPS) is 10.6. The topological polar surface area (TPSA) is 131 Å². The number of primary amides is 1. The molecule has 2 heterocycles. The average molecular weight is 356 g/mol.